The molecule has 0 bridgehead atoms. The molecular formula is C15H10FN3OS. The quantitative estimate of drug-likeness (QED) is 0.618. The van der Waals surface area contributed by atoms with Gasteiger partial charge in [0.1, 0.15) is 16.3 Å². The second-order valence-electron chi connectivity index (χ2n) is 4.76. The highest BCUT2D eigenvalue weighted by molar-refractivity contribution is 7.17. The van der Waals surface area contributed by atoms with Crippen LogP contribution in [0.1, 0.15) is 5.82 Å². The summed E-state index contributed by atoms with van der Waals surface area (Å²) >= 11 is 1.37. The molecule has 104 valence electrons. The van der Waals surface area contributed by atoms with Crippen molar-refractivity contribution in [2.75, 3.05) is 0 Å². The number of nitrogens with zero attached hydrogens (tertiary/aromatic N) is 2. The Hall–Kier alpha value is -2.47. The van der Waals surface area contributed by atoms with Crippen molar-refractivity contribution < 1.29 is 4.39 Å². The number of H-pyrrole nitrogens is 1. The molecule has 4 aromatic rings. The number of hydrogen-bond donors (Lipinski definition) is 1. The molecule has 0 atom stereocenters. The normalized spacial score (nSPS) is 11.5. The zero-order valence-electron chi connectivity index (χ0n) is 10.8. The van der Waals surface area contributed by atoms with Crippen molar-refractivity contribution >= 4 is 32.5 Å². The predicted octanol–water partition coefficient (Wildman–Crippen LogP) is 3.13. The first-order valence-corrected chi connectivity index (χ1v) is 7.30. The summed E-state index contributed by atoms with van der Waals surface area (Å²) in [5.41, 5.74) is 1.34. The number of halogens is 1. The Bertz CT molecular complexity index is 1010. The third-order valence-electron chi connectivity index (χ3n) is 3.44. The summed E-state index contributed by atoms with van der Waals surface area (Å²) in [7, 11) is 0. The summed E-state index contributed by atoms with van der Waals surface area (Å²) in [6, 6.07) is 8.51. The zero-order valence-corrected chi connectivity index (χ0v) is 11.7. The molecule has 0 saturated carbocycles. The fraction of sp³-hybridized carbons (Fsp3) is 0.0667. The summed E-state index contributed by atoms with van der Waals surface area (Å²) in [6.07, 6.45) is 1.80. The minimum atomic E-state index is -0.249. The Kier molecular flexibility index (Phi) is 2.65. The maximum absolute atomic E-state index is 13.7. The van der Waals surface area contributed by atoms with Gasteiger partial charge in [0.25, 0.3) is 5.56 Å². The topological polar surface area (TPSA) is 50.7 Å². The molecule has 4 nitrogen and oxygen atoms in total. The van der Waals surface area contributed by atoms with Crippen LogP contribution < -0.4 is 5.56 Å². The summed E-state index contributed by atoms with van der Waals surface area (Å²) in [5.74, 6) is 0.314. The van der Waals surface area contributed by atoms with E-state index in [0.717, 1.165) is 5.52 Å². The molecule has 0 radical (unpaired) electrons. The summed E-state index contributed by atoms with van der Waals surface area (Å²) in [5, 5.41) is 2.41. The van der Waals surface area contributed by atoms with Crippen molar-refractivity contribution in [1.82, 2.24) is 14.5 Å². The van der Waals surface area contributed by atoms with Crippen molar-refractivity contribution in [3.63, 3.8) is 0 Å². The van der Waals surface area contributed by atoms with E-state index in [-0.39, 0.29) is 11.4 Å². The third-order valence-corrected chi connectivity index (χ3v) is 4.35. The van der Waals surface area contributed by atoms with Gasteiger partial charge in [-0.2, -0.15) is 0 Å². The molecule has 0 aliphatic heterocycles. The highest BCUT2D eigenvalue weighted by Crippen LogP contribution is 2.20. The van der Waals surface area contributed by atoms with Crippen molar-refractivity contribution in [3.8, 4) is 0 Å². The first-order chi connectivity index (χ1) is 10.2. The first kappa shape index (κ1) is 12.3. The number of rotatable bonds is 2. The molecule has 0 spiro atoms. The molecule has 4 rings (SSSR count). The monoisotopic (exact) mass is 299 g/mol. The highest BCUT2D eigenvalue weighted by atomic mass is 32.1. The second kappa shape index (κ2) is 4.53. The number of benzene rings is 1. The summed E-state index contributed by atoms with van der Waals surface area (Å²) < 4.78 is 16.2. The van der Waals surface area contributed by atoms with Crippen molar-refractivity contribution in [1.29, 1.82) is 0 Å². The molecule has 0 aliphatic rings. The van der Waals surface area contributed by atoms with Gasteiger partial charge in [0, 0.05) is 11.6 Å². The minimum absolute atomic E-state index is 0.132. The molecule has 1 aromatic carbocycles. The van der Waals surface area contributed by atoms with Crippen LogP contribution in [0.15, 0.2) is 46.7 Å². The molecular weight excluding hydrogens is 289 g/mol. The Balaban J connectivity index is 1.83. The van der Waals surface area contributed by atoms with Gasteiger partial charge in [0.2, 0.25) is 0 Å². The number of aromatic nitrogens is 3. The Morgan fingerprint density at radius 3 is 3.10 bits per heavy atom. The first-order valence-electron chi connectivity index (χ1n) is 6.42. The van der Waals surface area contributed by atoms with Crippen LogP contribution in [0.5, 0.6) is 0 Å². The number of fused-ring (bicyclic) bond motifs is 2. The minimum Gasteiger partial charge on any atom is -0.340 e. The maximum Gasteiger partial charge on any atom is 0.268 e. The van der Waals surface area contributed by atoms with Gasteiger partial charge < -0.3 is 9.55 Å². The maximum atomic E-state index is 13.7. The highest BCUT2D eigenvalue weighted by Gasteiger charge is 2.08. The van der Waals surface area contributed by atoms with Gasteiger partial charge in [-0.05, 0) is 29.6 Å². The van der Waals surface area contributed by atoms with Gasteiger partial charge in [-0.1, -0.05) is 6.07 Å². The van der Waals surface area contributed by atoms with E-state index in [0.29, 0.717) is 28.0 Å². The lowest BCUT2D eigenvalue weighted by atomic mass is 10.2. The van der Waals surface area contributed by atoms with Gasteiger partial charge in [-0.25, -0.2) is 9.37 Å². The van der Waals surface area contributed by atoms with E-state index < -0.39 is 0 Å². The zero-order chi connectivity index (χ0) is 14.4. The van der Waals surface area contributed by atoms with Crippen molar-refractivity contribution in [2.45, 2.75) is 6.54 Å². The van der Waals surface area contributed by atoms with Gasteiger partial charge in [0.05, 0.1) is 17.6 Å². The number of thiophene rings is 1. The Labute approximate surface area is 122 Å². The van der Waals surface area contributed by atoms with Gasteiger partial charge in [-0.15, -0.1) is 11.3 Å². The molecule has 3 aromatic heterocycles. The molecule has 0 amide bonds. The van der Waals surface area contributed by atoms with E-state index in [1.165, 1.54) is 17.4 Å². The standard InChI is InChI=1S/C15H10FN3OS/c16-10-2-1-3-12-9(10)4-6-19(12)8-13-17-11-5-7-21-14(11)15(20)18-13/h1-7H,8H2,(H,17,18,20). The lowest BCUT2D eigenvalue weighted by Crippen LogP contribution is -2.12. The fourth-order valence-electron chi connectivity index (χ4n) is 2.48. The van der Waals surface area contributed by atoms with E-state index >= 15 is 0 Å². The Morgan fingerprint density at radius 1 is 1.29 bits per heavy atom. The lowest BCUT2D eigenvalue weighted by molar-refractivity contribution is 0.639. The average Bonchev–Trinajstić information content (AvgIpc) is 3.07. The smallest absolute Gasteiger partial charge is 0.268 e. The summed E-state index contributed by atoms with van der Waals surface area (Å²) in [4.78, 5) is 19.2. The molecule has 6 heteroatoms. The van der Waals surface area contributed by atoms with Gasteiger partial charge >= 0.3 is 0 Å². The van der Waals surface area contributed by atoms with Crippen molar-refractivity contribution in [3.05, 3.63) is 63.9 Å². The third kappa shape index (κ3) is 1.95. The van der Waals surface area contributed by atoms with E-state index in [1.54, 1.807) is 18.3 Å². The van der Waals surface area contributed by atoms with Crippen LogP contribution in [0.3, 0.4) is 0 Å². The lowest BCUT2D eigenvalue weighted by Gasteiger charge is -2.05. The average molecular weight is 299 g/mol. The predicted molar refractivity (Wildman–Crippen MR) is 81.2 cm³/mol. The Morgan fingerprint density at radius 2 is 2.19 bits per heavy atom. The van der Waals surface area contributed by atoms with E-state index in [2.05, 4.69) is 9.97 Å². The van der Waals surface area contributed by atoms with Gasteiger partial charge in [-0.3, -0.25) is 4.79 Å². The van der Waals surface area contributed by atoms with E-state index in [1.807, 2.05) is 22.1 Å². The molecule has 0 fully saturated rings. The van der Waals surface area contributed by atoms with Gasteiger partial charge in [0.15, 0.2) is 0 Å². The van der Waals surface area contributed by atoms with Crippen LogP contribution in [-0.4, -0.2) is 14.5 Å². The van der Waals surface area contributed by atoms with Crippen LogP contribution in [-0.2, 0) is 6.54 Å². The van der Waals surface area contributed by atoms with Crippen LogP contribution in [0.25, 0.3) is 21.1 Å². The molecule has 0 saturated heterocycles. The van der Waals surface area contributed by atoms with Crippen molar-refractivity contribution in [2.24, 2.45) is 0 Å². The number of aromatic amines is 1. The van der Waals surface area contributed by atoms with E-state index in [4.69, 9.17) is 0 Å². The van der Waals surface area contributed by atoms with Crippen LogP contribution >= 0.6 is 11.3 Å². The second-order valence-corrected chi connectivity index (χ2v) is 5.68. The fourth-order valence-corrected chi connectivity index (χ4v) is 3.21. The molecule has 1 N–H and O–H groups in total. The molecule has 0 unspecified atom stereocenters. The largest absolute Gasteiger partial charge is 0.340 e. The molecule has 3 heterocycles. The number of nitrogens with one attached hydrogen (secondary N) is 1. The SMILES string of the molecule is O=c1[nH]c(Cn2ccc3c(F)cccc32)nc2ccsc12. The summed E-state index contributed by atoms with van der Waals surface area (Å²) in [6.45, 7) is 0.397. The van der Waals surface area contributed by atoms with E-state index in [9.17, 15) is 9.18 Å². The van der Waals surface area contributed by atoms with Crippen LogP contribution in [0.2, 0.25) is 0 Å². The molecule has 0 aliphatic carbocycles. The molecule has 21 heavy (non-hydrogen) atoms. The number of hydrogen-bond acceptors (Lipinski definition) is 3. The van der Waals surface area contributed by atoms with Crippen LogP contribution in [0.4, 0.5) is 4.39 Å². The van der Waals surface area contributed by atoms with Crippen LogP contribution in [0, 0.1) is 5.82 Å².